The third-order valence-corrected chi connectivity index (χ3v) is 8.27. The molecule has 5 heterocycles. The second kappa shape index (κ2) is 9.20. The van der Waals surface area contributed by atoms with Crippen LogP contribution in [0.3, 0.4) is 0 Å². The summed E-state index contributed by atoms with van der Waals surface area (Å²) in [4.78, 5) is 26.6. The van der Waals surface area contributed by atoms with E-state index in [1.165, 1.54) is 6.26 Å². The summed E-state index contributed by atoms with van der Waals surface area (Å²) < 4.78 is 25.9. The molecule has 0 aliphatic carbocycles. The van der Waals surface area contributed by atoms with Crippen LogP contribution in [-0.4, -0.2) is 95.1 Å². The normalized spacial score (nSPS) is 22.2. The first kappa shape index (κ1) is 23.1. The Morgan fingerprint density at radius 1 is 1.12 bits per heavy atom. The number of rotatable bonds is 6. The molecule has 5 rings (SSSR count). The van der Waals surface area contributed by atoms with Crippen molar-refractivity contribution < 1.29 is 8.42 Å². The largest absolute Gasteiger partial charge is 0.345 e. The van der Waals surface area contributed by atoms with Crippen LogP contribution in [0.1, 0.15) is 25.0 Å². The van der Waals surface area contributed by atoms with Gasteiger partial charge < -0.3 is 14.8 Å². The van der Waals surface area contributed by atoms with Gasteiger partial charge >= 0.3 is 0 Å². The lowest BCUT2D eigenvalue weighted by Gasteiger charge is -2.31. The summed E-state index contributed by atoms with van der Waals surface area (Å²) in [6.07, 6.45) is 10.3. The fourth-order valence-electron chi connectivity index (χ4n) is 5.00. The number of anilines is 1. The van der Waals surface area contributed by atoms with Crippen molar-refractivity contribution >= 4 is 27.1 Å². The van der Waals surface area contributed by atoms with Crippen molar-refractivity contribution in [3.05, 3.63) is 30.4 Å². The van der Waals surface area contributed by atoms with Gasteiger partial charge in [0.2, 0.25) is 16.0 Å². The number of H-pyrrole nitrogens is 1. The van der Waals surface area contributed by atoms with E-state index < -0.39 is 10.0 Å². The number of aromatic nitrogens is 5. The van der Waals surface area contributed by atoms with E-state index in [1.54, 1.807) is 10.5 Å². The summed E-state index contributed by atoms with van der Waals surface area (Å²) in [5.41, 5.74) is 4.03. The minimum absolute atomic E-state index is 0.196. The quantitative estimate of drug-likeness (QED) is 0.564. The van der Waals surface area contributed by atoms with Crippen LogP contribution < -0.4 is 4.90 Å². The van der Waals surface area contributed by atoms with Gasteiger partial charge in [0.15, 0.2) is 5.65 Å². The lowest BCUT2D eigenvalue weighted by atomic mass is 9.92. The Bertz CT molecular complexity index is 1270. The molecule has 182 valence electrons. The molecule has 34 heavy (non-hydrogen) atoms. The van der Waals surface area contributed by atoms with Crippen LogP contribution in [0.4, 0.5) is 5.95 Å². The smallest absolute Gasteiger partial charge is 0.225 e. The Hall–Kier alpha value is -2.63. The highest BCUT2D eigenvalue weighted by Gasteiger charge is 2.29. The lowest BCUT2D eigenvalue weighted by Crippen LogP contribution is -2.40. The van der Waals surface area contributed by atoms with E-state index in [9.17, 15) is 8.42 Å². The molecule has 0 aromatic carbocycles. The predicted molar refractivity (Wildman–Crippen MR) is 132 cm³/mol. The van der Waals surface area contributed by atoms with Crippen molar-refractivity contribution in [1.29, 1.82) is 0 Å². The van der Waals surface area contributed by atoms with Gasteiger partial charge in [-0.15, -0.1) is 0 Å². The van der Waals surface area contributed by atoms with E-state index in [1.807, 2.05) is 18.5 Å². The number of hydrogen-bond acceptors (Lipinski definition) is 8. The number of fused-ring (bicyclic) bond motifs is 1. The highest BCUT2D eigenvalue weighted by atomic mass is 32.2. The topological polar surface area (TPSA) is 111 Å². The van der Waals surface area contributed by atoms with Crippen LogP contribution in [0.25, 0.3) is 22.4 Å². The molecule has 2 aliphatic rings. The maximum Gasteiger partial charge on any atom is 0.225 e. The Kier molecular flexibility index (Phi) is 6.26. The van der Waals surface area contributed by atoms with Crippen LogP contribution in [0.2, 0.25) is 0 Å². The van der Waals surface area contributed by atoms with E-state index in [4.69, 9.17) is 15.0 Å². The van der Waals surface area contributed by atoms with E-state index in [0.29, 0.717) is 25.6 Å². The van der Waals surface area contributed by atoms with E-state index >= 15 is 0 Å². The fourth-order valence-corrected chi connectivity index (χ4v) is 5.94. The van der Waals surface area contributed by atoms with Gasteiger partial charge in [-0.2, -0.15) is 0 Å². The molecule has 2 fully saturated rings. The maximum atomic E-state index is 12.2. The van der Waals surface area contributed by atoms with Gasteiger partial charge in [0.25, 0.3) is 0 Å². The second-order valence-electron chi connectivity index (χ2n) is 9.68. The zero-order chi connectivity index (χ0) is 23.9. The molecule has 2 atom stereocenters. The first-order valence-corrected chi connectivity index (χ1v) is 13.7. The minimum Gasteiger partial charge on any atom is -0.345 e. The minimum atomic E-state index is -3.20. The number of likely N-dealkylation sites (N-methyl/N-ethyl adjacent to an activating group) is 1. The van der Waals surface area contributed by atoms with Gasteiger partial charge in [-0.1, -0.05) is 0 Å². The number of nitrogens with zero attached hydrogens (tertiary/aromatic N) is 7. The summed E-state index contributed by atoms with van der Waals surface area (Å²) in [6, 6.07) is 2.38. The van der Waals surface area contributed by atoms with E-state index in [2.05, 4.69) is 33.9 Å². The summed E-state index contributed by atoms with van der Waals surface area (Å²) in [5.74, 6) is 0.927. The van der Waals surface area contributed by atoms with Crippen molar-refractivity contribution in [1.82, 2.24) is 34.1 Å². The molecule has 0 unspecified atom stereocenters. The van der Waals surface area contributed by atoms with Crippen molar-refractivity contribution in [3.8, 4) is 11.3 Å². The standard InChI is InChI=1S/C23H32N8O2S/c1-29(2)17-7-10-30(15-17)23-26-12-18(21-13-25-22-19(27-21)6-8-24-22)20(28-23)11-16-5-4-9-31(14-16)34(3,32)33/h6,8,12-13,16-17H,4-5,7,9-11,14-15H2,1-3H3,(H,24,25)/t16-,17-/m1/s1. The molecule has 0 bridgehead atoms. The summed E-state index contributed by atoms with van der Waals surface area (Å²) in [7, 11) is 1.01. The Labute approximate surface area is 200 Å². The van der Waals surface area contributed by atoms with Crippen molar-refractivity contribution in [2.24, 2.45) is 5.92 Å². The van der Waals surface area contributed by atoms with Crippen LogP contribution in [0.5, 0.6) is 0 Å². The Balaban J connectivity index is 1.48. The average molecular weight is 485 g/mol. The Morgan fingerprint density at radius 3 is 2.74 bits per heavy atom. The SMILES string of the molecule is CN(C)[C@@H]1CCN(c2ncc(-c3cnc4[nH]ccc4n3)c(C[C@H]3CCCN(S(C)(=O)=O)C3)n2)C1. The van der Waals surface area contributed by atoms with Gasteiger partial charge in [-0.25, -0.2) is 32.7 Å². The third-order valence-electron chi connectivity index (χ3n) is 7.00. The molecule has 1 N–H and O–H groups in total. The molecule has 2 aliphatic heterocycles. The molecular formula is C23H32N8O2S. The predicted octanol–water partition coefficient (Wildman–Crippen LogP) is 1.77. The first-order chi connectivity index (χ1) is 16.3. The zero-order valence-electron chi connectivity index (χ0n) is 20.0. The van der Waals surface area contributed by atoms with Gasteiger partial charge in [0.05, 0.1) is 23.8 Å². The molecule has 0 radical (unpaired) electrons. The summed E-state index contributed by atoms with van der Waals surface area (Å²) >= 11 is 0. The second-order valence-corrected chi connectivity index (χ2v) is 11.7. The molecule has 0 saturated carbocycles. The number of nitrogens with one attached hydrogen (secondary N) is 1. The fraction of sp³-hybridized carbons (Fsp3) is 0.565. The van der Waals surface area contributed by atoms with Gasteiger partial charge in [-0.05, 0) is 51.8 Å². The highest BCUT2D eigenvalue weighted by molar-refractivity contribution is 7.88. The first-order valence-electron chi connectivity index (χ1n) is 11.8. The monoisotopic (exact) mass is 484 g/mol. The molecule has 0 spiro atoms. The number of sulfonamides is 1. The zero-order valence-corrected chi connectivity index (χ0v) is 20.8. The number of piperidine rings is 1. The van der Waals surface area contributed by atoms with Crippen molar-refractivity contribution in [3.63, 3.8) is 0 Å². The van der Waals surface area contributed by atoms with Crippen molar-refractivity contribution in [2.45, 2.75) is 31.7 Å². The molecular weight excluding hydrogens is 452 g/mol. The number of aromatic amines is 1. The van der Waals surface area contributed by atoms with Crippen LogP contribution >= 0.6 is 0 Å². The molecule has 0 amide bonds. The van der Waals surface area contributed by atoms with Crippen LogP contribution in [0.15, 0.2) is 24.7 Å². The molecule has 10 nitrogen and oxygen atoms in total. The summed E-state index contributed by atoms with van der Waals surface area (Å²) in [6.45, 7) is 2.92. The van der Waals surface area contributed by atoms with E-state index in [0.717, 1.165) is 66.4 Å². The van der Waals surface area contributed by atoms with Gasteiger partial charge in [0.1, 0.15) is 5.52 Å². The lowest BCUT2D eigenvalue weighted by molar-refractivity contribution is 0.265. The number of hydrogen-bond donors (Lipinski definition) is 1. The maximum absolute atomic E-state index is 12.2. The molecule has 3 aromatic rings. The molecule has 2 saturated heterocycles. The van der Waals surface area contributed by atoms with Crippen LogP contribution in [-0.2, 0) is 16.4 Å². The van der Waals surface area contributed by atoms with Gasteiger partial charge in [-0.3, -0.25) is 0 Å². The third kappa shape index (κ3) is 4.77. The summed E-state index contributed by atoms with van der Waals surface area (Å²) in [5, 5.41) is 0. The Morgan fingerprint density at radius 2 is 1.97 bits per heavy atom. The van der Waals surface area contributed by atoms with E-state index in [-0.39, 0.29) is 5.92 Å². The molecule has 11 heteroatoms. The van der Waals surface area contributed by atoms with Crippen molar-refractivity contribution in [2.75, 3.05) is 51.4 Å². The van der Waals surface area contributed by atoms with Crippen LogP contribution in [0, 0.1) is 5.92 Å². The van der Waals surface area contributed by atoms with Gasteiger partial charge in [0, 0.05) is 50.2 Å². The molecule has 3 aromatic heterocycles. The highest BCUT2D eigenvalue weighted by Crippen LogP contribution is 2.29. The average Bonchev–Trinajstić information content (AvgIpc) is 3.48.